The highest BCUT2D eigenvalue weighted by Crippen LogP contribution is 2.43. The van der Waals surface area contributed by atoms with Gasteiger partial charge in [-0.2, -0.15) is 0 Å². The number of benzene rings is 1. The maximum absolute atomic E-state index is 14.0. The van der Waals surface area contributed by atoms with Crippen molar-refractivity contribution in [2.24, 2.45) is 4.99 Å². The summed E-state index contributed by atoms with van der Waals surface area (Å²) in [5, 5.41) is 6.16. The van der Waals surface area contributed by atoms with Crippen molar-refractivity contribution in [3.8, 4) is 0 Å². The third-order valence-corrected chi connectivity index (χ3v) is 5.35. The van der Waals surface area contributed by atoms with Crippen molar-refractivity contribution in [2.75, 3.05) is 60.0 Å². The van der Waals surface area contributed by atoms with Crippen molar-refractivity contribution in [1.29, 1.82) is 0 Å². The first-order chi connectivity index (χ1) is 14.0. The van der Waals surface area contributed by atoms with Gasteiger partial charge in [-0.1, -0.05) is 6.07 Å². The third-order valence-electron chi connectivity index (χ3n) is 5.35. The molecule has 1 heterocycles. The van der Waals surface area contributed by atoms with Crippen LogP contribution in [0.25, 0.3) is 0 Å². The summed E-state index contributed by atoms with van der Waals surface area (Å²) < 4.78 is 32.9. The van der Waals surface area contributed by atoms with E-state index in [4.69, 9.17) is 4.74 Å². The number of rotatable bonds is 7. The van der Waals surface area contributed by atoms with E-state index in [2.05, 4.69) is 25.4 Å². The Bertz CT molecular complexity index is 717. The summed E-state index contributed by atoms with van der Waals surface area (Å²) in [5.41, 5.74) is 0.157. The largest absolute Gasteiger partial charge is 0.383 e. The average molecular weight is 409 g/mol. The van der Waals surface area contributed by atoms with E-state index in [1.807, 2.05) is 0 Å². The second-order valence-corrected chi connectivity index (χ2v) is 7.38. The SMILES string of the molecule is CN=C(NC1CC1c1c(F)cccc1F)N1CCN(CC(=O)NCCOC)CC1. The lowest BCUT2D eigenvalue weighted by Crippen LogP contribution is -2.54. The highest BCUT2D eigenvalue weighted by molar-refractivity contribution is 5.81. The molecule has 2 aliphatic rings. The van der Waals surface area contributed by atoms with E-state index in [1.165, 1.54) is 18.2 Å². The number of ether oxygens (including phenoxy) is 1. The summed E-state index contributed by atoms with van der Waals surface area (Å²) in [6.07, 6.45) is 0.679. The summed E-state index contributed by atoms with van der Waals surface area (Å²) in [5.74, 6) is -0.437. The molecule has 1 aromatic carbocycles. The van der Waals surface area contributed by atoms with Crippen LogP contribution in [0.4, 0.5) is 8.78 Å². The predicted molar refractivity (Wildman–Crippen MR) is 107 cm³/mol. The number of hydrogen-bond donors (Lipinski definition) is 2. The monoisotopic (exact) mass is 409 g/mol. The van der Waals surface area contributed by atoms with Crippen LogP contribution >= 0.6 is 0 Å². The van der Waals surface area contributed by atoms with E-state index < -0.39 is 11.6 Å². The van der Waals surface area contributed by atoms with Gasteiger partial charge >= 0.3 is 0 Å². The molecule has 1 amide bonds. The molecule has 0 radical (unpaired) electrons. The molecule has 3 rings (SSSR count). The molecule has 7 nitrogen and oxygen atoms in total. The Morgan fingerprint density at radius 3 is 2.55 bits per heavy atom. The maximum atomic E-state index is 14.0. The van der Waals surface area contributed by atoms with Crippen LogP contribution in [0.1, 0.15) is 17.9 Å². The number of hydrogen-bond acceptors (Lipinski definition) is 4. The Morgan fingerprint density at radius 1 is 1.24 bits per heavy atom. The number of carbonyl (C=O) groups excluding carboxylic acids is 1. The highest BCUT2D eigenvalue weighted by Gasteiger charge is 2.43. The zero-order chi connectivity index (χ0) is 20.8. The molecule has 160 valence electrons. The van der Waals surface area contributed by atoms with Crippen molar-refractivity contribution in [3.63, 3.8) is 0 Å². The molecule has 1 aromatic rings. The van der Waals surface area contributed by atoms with Crippen molar-refractivity contribution < 1.29 is 18.3 Å². The number of methoxy groups -OCH3 is 1. The summed E-state index contributed by atoms with van der Waals surface area (Å²) in [6, 6.07) is 3.96. The van der Waals surface area contributed by atoms with Gasteiger partial charge in [-0.05, 0) is 18.6 Å². The first-order valence-electron chi connectivity index (χ1n) is 9.93. The fourth-order valence-corrected chi connectivity index (χ4v) is 3.67. The van der Waals surface area contributed by atoms with Crippen LogP contribution in [0, 0.1) is 11.6 Å². The fourth-order valence-electron chi connectivity index (χ4n) is 3.67. The van der Waals surface area contributed by atoms with Gasteiger partial charge in [0.05, 0.1) is 13.2 Å². The molecule has 2 N–H and O–H groups in total. The molecule has 1 aliphatic heterocycles. The maximum Gasteiger partial charge on any atom is 0.234 e. The van der Waals surface area contributed by atoms with E-state index >= 15 is 0 Å². The van der Waals surface area contributed by atoms with E-state index in [9.17, 15) is 13.6 Å². The van der Waals surface area contributed by atoms with Crippen LogP contribution in [0.15, 0.2) is 23.2 Å². The Morgan fingerprint density at radius 2 is 1.93 bits per heavy atom. The first-order valence-corrected chi connectivity index (χ1v) is 9.93. The standard InChI is InChI=1S/C20H29F2N5O2/c1-23-20(25-17-12-14(17)19-15(21)4-3-5-16(19)22)27-9-7-26(8-10-27)13-18(28)24-6-11-29-2/h3-5,14,17H,6-13H2,1-2H3,(H,23,25)(H,24,28). The van der Waals surface area contributed by atoms with Crippen LogP contribution < -0.4 is 10.6 Å². The van der Waals surface area contributed by atoms with E-state index in [0.29, 0.717) is 26.1 Å². The Kier molecular flexibility index (Phi) is 7.38. The molecule has 1 aliphatic carbocycles. The molecule has 2 fully saturated rings. The molecule has 2 unspecified atom stereocenters. The topological polar surface area (TPSA) is 69.2 Å². The number of guanidine groups is 1. The van der Waals surface area contributed by atoms with Gasteiger partial charge in [0.1, 0.15) is 11.6 Å². The number of piperazine rings is 1. The highest BCUT2D eigenvalue weighted by atomic mass is 19.1. The minimum atomic E-state index is -0.494. The lowest BCUT2D eigenvalue weighted by atomic mass is 10.1. The minimum Gasteiger partial charge on any atom is -0.383 e. The van der Waals surface area contributed by atoms with Crippen LogP contribution in [-0.4, -0.2) is 87.7 Å². The zero-order valence-corrected chi connectivity index (χ0v) is 17.0. The second kappa shape index (κ2) is 9.98. The number of amides is 1. The third kappa shape index (κ3) is 5.63. The lowest BCUT2D eigenvalue weighted by Gasteiger charge is -2.36. The average Bonchev–Trinajstić information content (AvgIpc) is 3.45. The Balaban J connectivity index is 1.45. The zero-order valence-electron chi connectivity index (χ0n) is 17.0. The van der Waals surface area contributed by atoms with Crippen molar-refractivity contribution >= 4 is 11.9 Å². The van der Waals surface area contributed by atoms with Crippen LogP contribution in [-0.2, 0) is 9.53 Å². The van der Waals surface area contributed by atoms with E-state index in [-0.39, 0.29) is 23.4 Å². The lowest BCUT2D eigenvalue weighted by molar-refractivity contribution is -0.122. The number of nitrogens with one attached hydrogen (secondary N) is 2. The van der Waals surface area contributed by atoms with Gasteiger partial charge in [0.15, 0.2) is 5.96 Å². The number of carbonyl (C=O) groups is 1. The molecule has 2 atom stereocenters. The van der Waals surface area contributed by atoms with E-state index in [1.54, 1.807) is 14.2 Å². The van der Waals surface area contributed by atoms with Gasteiger partial charge < -0.3 is 20.3 Å². The normalized spacial score (nSPS) is 22.5. The summed E-state index contributed by atoms with van der Waals surface area (Å²) in [7, 11) is 3.31. The second-order valence-electron chi connectivity index (χ2n) is 7.38. The van der Waals surface area contributed by atoms with Crippen LogP contribution in [0.2, 0.25) is 0 Å². The molecular weight excluding hydrogens is 380 g/mol. The Hall–Kier alpha value is -2.26. The molecule has 0 spiro atoms. The summed E-state index contributed by atoms with van der Waals surface area (Å²) >= 11 is 0. The van der Waals surface area contributed by atoms with Gasteiger partial charge in [-0.15, -0.1) is 0 Å². The van der Waals surface area contributed by atoms with Gasteiger partial charge in [-0.25, -0.2) is 8.78 Å². The van der Waals surface area contributed by atoms with Gasteiger partial charge in [0.25, 0.3) is 0 Å². The number of aliphatic imine (C=N–C) groups is 1. The van der Waals surface area contributed by atoms with Crippen molar-refractivity contribution in [2.45, 2.75) is 18.4 Å². The molecule has 0 bridgehead atoms. The van der Waals surface area contributed by atoms with Gasteiger partial charge in [-0.3, -0.25) is 14.7 Å². The van der Waals surface area contributed by atoms with Crippen LogP contribution in [0.3, 0.4) is 0 Å². The summed E-state index contributed by atoms with van der Waals surface area (Å²) in [6.45, 7) is 4.33. The molecule has 29 heavy (non-hydrogen) atoms. The molecule has 1 saturated heterocycles. The first kappa shape index (κ1) is 21.4. The molecule has 0 aromatic heterocycles. The van der Waals surface area contributed by atoms with Crippen molar-refractivity contribution in [3.05, 3.63) is 35.4 Å². The van der Waals surface area contributed by atoms with Crippen LogP contribution in [0.5, 0.6) is 0 Å². The fraction of sp³-hybridized carbons (Fsp3) is 0.600. The smallest absolute Gasteiger partial charge is 0.234 e. The summed E-state index contributed by atoms with van der Waals surface area (Å²) in [4.78, 5) is 20.5. The predicted octanol–water partition coefficient (Wildman–Crippen LogP) is 0.776. The molecule has 1 saturated carbocycles. The molecular formula is C20H29F2N5O2. The van der Waals surface area contributed by atoms with Gasteiger partial charge in [0, 0.05) is 64.4 Å². The van der Waals surface area contributed by atoms with Crippen molar-refractivity contribution in [1.82, 2.24) is 20.4 Å². The minimum absolute atomic E-state index is 0.00857. The quantitative estimate of drug-likeness (QED) is 0.396. The van der Waals surface area contributed by atoms with E-state index in [0.717, 1.165) is 32.1 Å². The molecule has 9 heteroatoms. The number of halogens is 2. The number of nitrogens with zero attached hydrogens (tertiary/aromatic N) is 3. The van der Waals surface area contributed by atoms with Gasteiger partial charge in [0.2, 0.25) is 5.91 Å². The Labute approximate surface area is 170 Å².